The van der Waals surface area contributed by atoms with Crippen LogP contribution in [-0.4, -0.2) is 22.7 Å². The van der Waals surface area contributed by atoms with E-state index in [0.29, 0.717) is 10.4 Å². The zero-order valence-corrected chi connectivity index (χ0v) is 11.7. The molecule has 0 spiro atoms. The molecule has 0 aliphatic heterocycles. The summed E-state index contributed by atoms with van der Waals surface area (Å²) in [5, 5.41) is 18.9. The first-order valence-corrected chi connectivity index (χ1v) is 7.06. The van der Waals surface area contributed by atoms with Crippen LogP contribution in [0.3, 0.4) is 0 Å². The number of rotatable bonds is 5. The largest absolute Gasteiger partial charge is 0.472 e. The van der Waals surface area contributed by atoms with Gasteiger partial charge >= 0.3 is 0 Å². The van der Waals surface area contributed by atoms with E-state index >= 15 is 0 Å². The zero-order chi connectivity index (χ0) is 14.7. The molecule has 108 valence electrons. The van der Waals surface area contributed by atoms with Crippen molar-refractivity contribution in [3.63, 3.8) is 0 Å². The van der Waals surface area contributed by atoms with Crippen molar-refractivity contribution in [3.8, 4) is 0 Å². The Hall–Kier alpha value is -2.38. The van der Waals surface area contributed by atoms with Gasteiger partial charge in [-0.05, 0) is 17.5 Å². The standard InChI is InChI=1S/C14H12N2O4S/c17-13(11-3-5-16-20-11)15-9-14(18,10-4-6-19-8-10)12-2-1-7-21-12/h1-8,18H,9H2,(H,15,17). The van der Waals surface area contributed by atoms with E-state index in [2.05, 4.69) is 10.5 Å². The number of nitrogens with zero attached hydrogens (tertiary/aromatic N) is 1. The van der Waals surface area contributed by atoms with E-state index in [1.165, 1.54) is 36.1 Å². The number of nitrogens with one attached hydrogen (secondary N) is 1. The molecule has 0 saturated carbocycles. The van der Waals surface area contributed by atoms with Gasteiger partial charge in [0.15, 0.2) is 0 Å². The first kappa shape index (κ1) is 13.6. The van der Waals surface area contributed by atoms with E-state index in [0.717, 1.165) is 0 Å². The van der Waals surface area contributed by atoms with E-state index in [-0.39, 0.29) is 12.3 Å². The Morgan fingerprint density at radius 3 is 2.95 bits per heavy atom. The van der Waals surface area contributed by atoms with Crippen molar-refractivity contribution in [3.05, 3.63) is 64.6 Å². The Labute approximate surface area is 124 Å². The Kier molecular flexibility index (Phi) is 3.59. The summed E-state index contributed by atoms with van der Waals surface area (Å²) in [5.74, 6) is -0.346. The van der Waals surface area contributed by atoms with E-state index in [1.54, 1.807) is 12.1 Å². The van der Waals surface area contributed by atoms with Crippen molar-refractivity contribution in [2.24, 2.45) is 0 Å². The maximum atomic E-state index is 11.9. The smallest absolute Gasteiger partial charge is 0.290 e. The third kappa shape index (κ3) is 2.61. The van der Waals surface area contributed by atoms with Crippen LogP contribution in [0.4, 0.5) is 0 Å². The predicted octanol–water partition coefficient (Wildman–Crippen LogP) is 1.99. The summed E-state index contributed by atoms with van der Waals surface area (Å²) < 4.78 is 9.82. The minimum Gasteiger partial charge on any atom is -0.472 e. The van der Waals surface area contributed by atoms with Gasteiger partial charge in [-0.3, -0.25) is 4.79 Å². The maximum Gasteiger partial charge on any atom is 0.290 e. The third-order valence-corrected chi connectivity index (χ3v) is 4.11. The monoisotopic (exact) mass is 304 g/mol. The van der Waals surface area contributed by atoms with Gasteiger partial charge in [-0.15, -0.1) is 11.3 Å². The first-order valence-electron chi connectivity index (χ1n) is 6.18. The molecule has 6 nitrogen and oxygen atoms in total. The van der Waals surface area contributed by atoms with E-state index in [4.69, 9.17) is 8.94 Å². The van der Waals surface area contributed by atoms with Gasteiger partial charge in [0.05, 0.1) is 25.3 Å². The van der Waals surface area contributed by atoms with Crippen molar-refractivity contribution in [2.45, 2.75) is 5.60 Å². The molecule has 1 unspecified atom stereocenters. The van der Waals surface area contributed by atoms with Crippen molar-refractivity contribution in [1.29, 1.82) is 0 Å². The summed E-state index contributed by atoms with van der Waals surface area (Å²) in [5.41, 5.74) is -0.778. The molecule has 0 aliphatic carbocycles. The first-order chi connectivity index (χ1) is 10.2. The Morgan fingerprint density at radius 1 is 1.43 bits per heavy atom. The quantitative estimate of drug-likeness (QED) is 0.752. The number of hydrogen-bond acceptors (Lipinski definition) is 6. The van der Waals surface area contributed by atoms with Gasteiger partial charge in [-0.1, -0.05) is 11.2 Å². The Bertz CT molecular complexity index is 655. The molecular weight excluding hydrogens is 292 g/mol. The molecule has 0 aliphatic rings. The number of carbonyl (C=O) groups excluding carboxylic acids is 1. The Balaban J connectivity index is 1.83. The summed E-state index contributed by atoms with van der Waals surface area (Å²) in [4.78, 5) is 12.6. The van der Waals surface area contributed by atoms with E-state index in [1.807, 2.05) is 11.4 Å². The summed E-state index contributed by atoms with van der Waals surface area (Å²) in [7, 11) is 0. The molecule has 3 aromatic heterocycles. The third-order valence-electron chi connectivity index (χ3n) is 3.09. The van der Waals surface area contributed by atoms with Gasteiger partial charge in [0.2, 0.25) is 5.76 Å². The van der Waals surface area contributed by atoms with Crippen molar-refractivity contribution in [2.75, 3.05) is 6.54 Å². The van der Waals surface area contributed by atoms with Crippen LogP contribution in [0.25, 0.3) is 0 Å². The lowest BCUT2D eigenvalue weighted by molar-refractivity contribution is 0.0695. The molecule has 1 atom stereocenters. The molecule has 0 radical (unpaired) electrons. The second kappa shape index (κ2) is 5.55. The number of hydrogen-bond donors (Lipinski definition) is 2. The highest BCUT2D eigenvalue weighted by molar-refractivity contribution is 7.10. The van der Waals surface area contributed by atoms with Gasteiger partial charge in [-0.25, -0.2) is 0 Å². The maximum absolute atomic E-state index is 11.9. The number of amides is 1. The van der Waals surface area contributed by atoms with Crippen LogP contribution in [0.5, 0.6) is 0 Å². The van der Waals surface area contributed by atoms with E-state index in [9.17, 15) is 9.90 Å². The molecule has 0 aromatic carbocycles. The SMILES string of the molecule is O=C(NCC(O)(c1ccoc1)c1cccs1)c1ccno1. The average Bonchev–Trinajstić information content (AvgIpc) is 3.27. The lowest BCUT2D eigenvalue weighted by Crippen LogP contribution is -2.40. The number of carbonyl (C=O) groups is 1. The van der Waals surface area contributed by atoms with Crippen LogP contribution in [0, 0.1) is 0 Å². The molecule has 3 heterocycles. The summed E-state index contributed by atoms with van der Waals surface area (Å²) in [6.45, 7) is -0.00736. The highest BCUT2D eigenvalue weighted by Gasteiger charge is 2.34. The fourth-order valence-corrected chi connectivity index (χ4v) is 2.82. The molecule has 3 aromatic rings. The molecule has 7 heteroatoms. The van der Waals surface area contributed by atoms with Crippen LogP contribution >= 0.6 is 11.3 Å². The zero-order valence-electron chi connectivity index (χ0n) is 10.9. The topological polar surface area (TPSA) is 88.5 Å². The van der Waals surface area contributed by atoms with Gasteiger partial charge in [0, 0.05) is 16.5 Å². The summed E-state index contributed by atoms with van der Waals surface area (Å²) in [6.07, 6.45) is 4.32. The number of aromatic nitrogens is 1. The minimum absolute atomic E-state index is 0.00736. The number of aliphatic hydroxyl groups is 1. The summed E-state index contributed by atoms with van der Waals surface area (Å²) >= 11 is 1.40. The average molecular weight is 304 g/mol. The second-order valence-electron chi connectivity index (χ2n) is 4.41. The van der Waals surface area contributed by atoms with Gasteiger partial charge in [-0.2, -0.15) is 0 Å². The normalized spacial score (nSPS) is 13.8. The molecule has 0 fully saturated rings. The van der Waals surface area contributed by atoms with Crippen LogP contribution in [0.2, 0.25) is 0 Å². The number of furan rings is 1. The predicted molar refractivity (Wildman–Crippen MR) is 74.9 cm³/mol. The molecule has 21 heavy (non-hydrogen) atoms. The minimum atomic E-state index is -1.35. The molecule has 2 N–H and O–H groups in total. The highest BCUT2D eigenvalue weighted by atomic mass is 32.1. The summed E-state index contributed by atoms with van der Waals surface area (Å²) in [6, 6.07) is 6.76. The lowest BCUT2D eigenvalue weighted by Gasteiger charge is -2.26. The van der Waals surface area contributed by atoms with Crippen LogP contribution in [0.15, 0.2) is 57.3 Å². The van der Waals surface area contributed by atoms with Crippen molar-refractivity contribution in [1.82, 2.24) is 10.5 Å². The molecule has 3 rings (SSSR count). The van der Waals surface area contributed by atoms with E-state index < -0.39 is 11.5 Å². The molecule has 1 amide bonds. The van der Waals surface area contributed by atoms with Crippen LogP contribution in [0.1, 0.15) is 21.0 Å². The fourth-order valence-electron chi connectivity index (χ4n) is 1.97. The highest BCUT2D eigenvalue weighted by Crippen LogP contribution is 2.32. The van der Waals surface area contributed by atoms with Crippen molar-refractivity contribution >= 4 is 17.2 Å². The molecule has 0 saturated heterocycles. The van der Waals surface area contributed by atoms with Crippen molar-refractivity contribution < 1.29 is 18.8 Å². The fraction of sp³-hybridized carbons (Fsp3) is 0.143. The van der Waals surface area contributed by atoms with Gasteiger partial charge < -0.3 is 19.4 Å². The van der Waals surface area contributed by atoms with Gasteiger partial charge in [0.25, 0.3) is 5.91 Å². The van der Waals surface area contributed by atoms with Gasteiger partial charge in [0.1, 0.15) is 5.60 Å². The molecule has 0 bridgehead atoms. The number of thiophene rings is 1. The lowest BCUT2D eigenvalue weighted by atomic mass is 9.94. The molecular formula is C14H12N2O4S. The van der Waals surface area contributed by atoms with Crippen LogP contribution in [-0.2, 0) is 5.60 Å². The Morgan fingerprint density at radius 2 is 2.33 bits per heavy atom. The second-order valence-corrected chi connectivity index (χ2v) is 5.36. The van der Waals surface area contributed by atoms with Crippen LogP contribution < -0.4 is 5.32 Å².